The van der Waals surface area contributed by atoms with Crippen LogP contribution in [0.2, 0.25) is 0 Å². The highest BCUT2D eigenvalue weighted by Crippen LogP contribution is 2.28. The van der Waals surface area contributed by atoms with Crippen molar-refractivity contribution in [1.82, 2.24) is 4.31 Å². The smallest absolute Gasteiger partial charge is 0.244 e. The number of halogens is 1. The fourth-order valence-corrected chi connectivity index (χ4v) is 4.22. The Morgan fingerprint density at radius 1 is 1.45 bits per heavy atom. The molecule has 0 aliphatic carbocycles. The van der Waals surface area contributed by atoms with Crippen LogP contribution in [0.15, 0.2) is 21.5 Å². The fourth-order valence-electron chi connectivity index (χ4n) is 1.84. The van der Waals surface area contributed by atoms with Crippen LogP contribution in [0.5, 0.6) is 0 Å². The maximum absolute atomic E-state index is 12.7. The van der Waals surface area contributed by atoms with Gasteiger partial charge in [0.05, 0.1) is 18.0 Å². The lowest BCUT2D eigenvalue weighted by atomic mass is 10.2. The molecule has 0 unspecified atom stereocenters. The minimum absolute atomic E-state index is 0.0383. The van der Waals surface area contributed by atoms with Crippen molar-refractivity contribution in [3.8, 4) is 12.3 Å². The molecule has 0 heterocycles. The van der Waals surface area contributed by atoms with Gasteiger partial charge < -0.3 is 5.11 Å². The average Bonchev–Trinajstić information content (AvgIpc) is 2.41. The molecule has 0 fully saturated rings. The Morgan fingerprint density at radius 2 is 2.10 bits per heavy atom. The van der Waals surface area contributed by atoms with E-state index in [1.54, 1.807) is 13.0 Å². The molecule has 0 atom stereocenters. The summed E-state index contributed by atoms with van der Waals surface area (Å²) in [5.74, 6) is 2.38. The van der Waals surface area contributed by atoms with Gasteiger partial charge in [-0.2, -0.15) is 4.31 Å². The summed E-state index contributed by atoms with van der Waals surface area (Å²) >= 11 is 3.32. The lowest BCUT2D eigenvalue weighted by Crippen LogP contribution is -2.32. The standard InChI is InChI=1S/C14H18BrNO3S/c1-4-6-16(7-5-2)20(18,19)14-9-12(10-17)8-13(15)11(14)3/h1,8-9,17H,5-7,10H2,2-3H3. The van der Waals surface area contributed by atoms with Crippen molar-refractivity contribution in [2.24, 2.45) is 0 Å². The SMILES string of the molecule is C#CCN(CCC)S(=O)(=O)c1cc(CO)cc(Br)c1C. The van der Waals surface area contributed by atoms with Crippen LogP contribution in [0.25, 0.3) is 0 Å². The quantitative estimate of drug-likeness (QED) is 0.792. The minimum Gasteiger partial charge on any atom is -0.392 e. The van der Waals surface area contributed by atoms with Crippen molar-refractivity contribution >= 4 is 26.0 Å². The van der Waals surface area contributed by atoms with Crippen LogP contribution in [0.4, 0.5) is 0 Å². The molecule has 6 heteroatoms. The van der Waals surface area contributed by atoms with Gasteiger partial charge in [0.2, 0.25) is 10.0 Å². The predicted octanol–water partition coefficient (Wildman–Crippen LogP) is 2.28. The highest BCUT2D eigenvalue weighted by atomic mass is 79.9. The normalized spacial score (nSPS) is 11.6. The number of nitrogens with zero attached hydrogens (tertiary/aromatic N) is 1. The molecule has 4 nitrogen and oxygen atoms in total. The second-order valence-corrected chi connectivity index (χ2v) is 7.16. The zero-order valence-corrected chi connectivity index (χ0v) is 14.0. The van der Waals surface area contributed by atoms with E-state index in [1.807, 2.05) is 6.92 Å². The Morgan fingerprint density at radius 3 is 2.60 bits per heavy atom. The summed E-state index contributed by atoms with van der Waals surface area (Å²) in [6, 6.07) is 3.20. The number of sulfonamides is 1. The first kappa shape index (κ1) is 17.2. The third kappa shape index (κ3) is 3.61. The second-order valence-electron chi connectivity index (χ2n) is 4.40. The van der Waals surface area contributed by atoms with Gasteiger partial charge in [-0.05, 0) is 36.6 Å². The van der Waals surface area contributed by atoms with Gasteiger partial charge in [0.25, 0.3) is 0 Å². The predicted molar refractivity (Wildman–Crippen MR) is 82.7 cm³/mol. The van der Waals surface area contributed by atoms with Gasteiger partial charge in [0.1, 0.15) is 0 Å². The lowest BCUT2D eigenvalue weighted by Gasteiger charge is -2.21. The number of rotatable bonds is 6. The van der Waals surface area contributed by atoms with Crippen LogP contribution >= 0.6 is 15.9 Å². The van der Waals surface area contributed by atoms with E-state index in [1.165, 1.54) is 10.4 Å². The molecule has 0 bridgehead atoms. The third-order valence-electron chi connectivity index (χ3n) is 2.90. The van der Waals surface area contributed by atoms with E-state index < -0.39 is 10.0 Å². The number of benzene rings is 1. The largest absolute Gasteiger partial charge is 0.392 e. The van der Waals surface area contributed by atoms with Gasteiger partial charge >= 0.3 is 0 Å². The summed E-state index contributed by atoms with van der Waals surface area (Å²) in [6.07, 6.45) is 5.93. The van der Waals surface area contributed by atoms with Gasteiger partial charge in [0.15, 0.2) is 0 Å². The summed E-state index contributed by atoms with van der Waals surface area (Å²) in [7, 11) is -3.66. The summed E-state index contributed by atoms with van der Waals surface area (Å²) < 4.78 is 27.3. The van der Waals surface area contributed by atoms with Gasteiger partial charge in [0, 0.05) is 11.0 Å². The van der Waals surface area contributed by atoms with E-state index in [0.717, 1.165) is 0 Å². The number of aliphatic hydroxyl groups is 1. The van der Waals surface area contributed by atoms with Crippen LogP contribution in [0.3, 0.4) is 0 Å². The minimum atomic E-state index is -3.66. The van der Waals surface area contributed by atoms with Gasteiger partial charge in [-0.3, -0.25) is 0 Å². The summed E-state index contributed by atoms with van der Waals surface area (Å²) in [6.45, 7) is 3.80. The Hall–Kier alpha value is -0.870. The number of hydrogen-bond donors (Lipinski definition) is 1. The molecule has 1 aromatic rings. The molecular weight excluding hydrogens is 342 g/mol. The molecule has 110 valence electrons. The molecule has 1 N–H and O–H groups in total. The molecule has 0 saturated heterocycles. The molecular formula is C14H18BrNO3S. The second kappa shape index (κ2) is 7.23. The third-order valence-corrected chi connectivity index (χ3v) is 5.69. The molecule has 20 heavy (non-hydrogen) atoms. The number of hydrogen-bond acceptors (Lipinski definition) is 3. The molecule has 0 aliphatic heterocycles. The van der Waals surface area contributed by atoms with Gasteiger partial charge in [-0.1, -0.05) is 28.8 Å². The van der Waals surface area contributed by atoms with E-state index in [2.05, 4.69) is 21.9 Å². The van der Waals surface area contributed by atoms with Crippen molar-refractivity contribution < 1.29 is 13.5 Å². The highest BCUT2D eigenvalue weighted by molar-refractivity contribution is 9.10. The summed E-state index contributed by atoms with van der Waals surface area (Å²) in [5, 5.41) is 9.23. The van der Waals surface area contributed by atoms with E-state index in [9.17, 15) is 13.5 Å². The monoisotopic (exact) mass is 359 g/mol. The van der Waals surface area contributed by atoms with Crippen LogP contribution in [0, 0.1) is 19.3 Å². The Bertz CT molecular complexity index is 620. The van der Waals surface area contributed by atoms with Crippen molar-refractivity contribution in [2.45, 2.75) is 31.8 Å². The first-order valence-electron chi connectivity index (χ1n) is 6.22. The van der Waals surface area contributed by atoms with Crippen LogP contribution in [0.1, 0.15) is 24.5 Å². The average molecular weight is 360 g/mol. The van der Waals surface area contributed by atoms with Crippen molar-refractivity contribution in [2.75, 3.05) is 13.1 Å². The molecule has 0 saturated carbocycles. The summed E-state index contributed by atoms with van der Waals surface area (Å²) in [5.41, 5.74) is 1.15. The molecule has 0 amide bonds. The van der Waals surface area contributed by atoms with E-state index >= 15 is 0 Å². The number of terminal acetylenes is 1. The van der Waals surface area contributed by atoms with Crippen molar-refractivity contribution in [1.29, 1.82) is 0 Å². The van der Waals surface area contributed by atoms with E-state index in [4.69, 9.17) is 6.42 Å². The first-order chi connectivity index (χ1) is 9.38. The maximum atomic E-state index is 12.7. The van der Waals surface area contributed by atoms with Crippen molar-refractivity contribution in [3.63, 3.8) is 0 Å². The fraction of sp³-hybridized carbons (Fsp3) is 0.429. The first-order valence-corrected chi connectivity index (χ1v) is 8.45. The topological polar surface area (TPSA) is 57.6 Å². The zero-order chi connectivity index (χ0) is 15.3. The Kier molecular flexibility index (Phi) is 6.21. The maximum Gasteiger partial charge on any atom is 0.244 e. The molecule has 0 spiro atoms. The van der Waals surface area contributed by atoms with Crippen LogP contribution in [-0.4, -0.2) is 30.9 Å². The Labute approximate surface area is 129 Å². The van der Waals surface area contributed by atoms with Gasteiger partial charge in [-0.15, -0.1) is 6.42 Å². The van der Waals surface area contributed by atoms with E-state index in [-0.39, 0.29) is 18.0 Å². The highest BCUT2D eigenvalue weighted by Gasteiger charge is 2.26. The molecule has 1 rings (SSSR count). The Balaban J connectivity index is 3.40. The lowest BCUT2D eigenvalue weighted by molar-refractivity contribution is 0.281. The molecule has 0 aromatic heterocycles. The molecule has 0 radical (unpaired) electrons. The van der Waals surface area contributed by atoms with Gasteiger partial charge in [-0.25, -0.2) is 8.42 Å². The van der Waals surface area contributed by atoms with Crippen LogP contribution < -0.4 is 0 Å². The van der Waals surface area contributed by atoms with Crippen LogP contribution in [-0.2, 0) is 16.6 Å². The number of aliphatic hydroxyl groups excluding tert-OH is 1. The molecule has 0 aliphatic rings. The summed E-state index contributed by atoms with van der Waals surface area (Å²) in [4.78, 5) is 0.180. The van der Waals surface area contributed by atoms with Crippen molar-refractivity contribution in [3.05, 3.63) is 27.7 Å². The zero-order valence-electron chi connectivity index (χ0n) is 11.6. The van der Waals surface area contributed by atoms with E-state index in [0.29, 0.717) is 28.6 Å². The molecule has 1 aromatic carbocycles.